The van der Waals surface area contributed by atoms with Crippen LogP contribution in [0.2, 0.25) is 5.02 Å². The lowest BCUT2D eigenvalue weighted by Gasteiger charge is -2.41. The number of hydrogen-bond donors (Lipinski definition) is 0. The molecule has 1 aromatic carbocycles. The van der Waals surface area contributed by atoms with Gasteiger partial charge < -0.3 is 4.74 Å². The summed E-state index contributed by atoms with van der Waals surface area (Å²) in [6.07, 6.45) is 4.37. The van der Waals surface area contributed by atoms with E-state index >= 15 is 0 Å². The number of halogens is 1. The lowest BCUT2D eigenvalue weighted by molar-refractivity contribution is 0.177. The summed E-state index contributed by atoms with van der Waals surface area (Å²) in [5.74, 6) is 0. The van der Waals surface area contributed by atoms with Gasteiger partial charge in [0.15, 0.2) is 0 Å². The normalized spacial score (nSPS) is 28.2. The van der Waals surface area contributed by atoms with Gasteiger partial charge in [-0.1, -0.05) is 30.2 Å². The number of hydrogen-bond acceptors (Lipinski definition) is 1. The van der Waals surface area contributed by atoms with Gasteiger partial charge >= 0.3 is 0 Å². The molecule has 2 aliphatic rings. The van der Waals surface area contributed by atoms with Crippen LogP contribution in [-0.4, -0.2) is 12.7 Å². The van der Waals surface area contributed by atoms with Gasteiger partial charge in [0.25, 0.3) is 0 Å². The predicted molar refractivity (Wildman–Crippen MR) is 56.7 cm³/mol. The molecular formula is C12H13ClO. The summed E-state index contributed by atoms with van der Waals surface area (Å²) in [5.41, 5.74) is 1.75. The fourth-order valence-electron chi connectivity index (χ4n) is 2.50. The maximum atomic E-state index is 5.89. The van der Waals surface area contributed by atoms with Gasteiger partial charge in [-0.2, -0.15) is 0 Å². The van der Waals surface area contributed by atoms with Gasteiger partial charge in [-0.3, -0.25) is 0 Å². The summed E-state index contributed by atoms with van der Waals surface area (Å²) >= 11 is 5.89. The molecule has 74 valence electrons. The lowest BCUT2D eigenvalue weighted by atomic mass is 9.62. The lowest BCUT2D eigenvalue weighted by Crippen LogP contribution is -2.39. The van der Waals surface area contributed by atoms with E-state index in [0.717, 1.165) is 11.6 Å². The molecule has 1 aliphatic carbocycles. The van der Waals surface area contributed by atoms with Crippen molar-refractivity contribution in [3.63, 3.8) is 0 Å². The van der Waals surface area contributed by atoms with Crippen LogP contribution >= 0.6 is 11.6 Å². The average molecular weight is 209 g/mol. The quantitative estimate of drug-likeness (QED) is 0.681. The highest BCUT2D eigenvalue weighted by Gasteiger charge is 2.51. The standard InChI is InChI=1S/C12H13ClO/c13-10-4-2-9(3-5-10)12(6-1-7-12)11-8-14-11/h2-5,11H,1,6-8H2. The third-order valence-corrected chi connectivity index (χ3v) is 3.87. The van der Waals surface area contributed by atoms with Crippen LogP contribution in [0, 0.1) is 0 Å². The fraction of sp³-hybridized carbons (Fsp3) is 0.500. The highest BCUT2D eigenvalue weighted by molar-refractivity contribution is 6.30. The van der Waals surface area contributed by atoms with Gasteiger partial charge in [-0.25, -0.2) is 0 Å². The molecule has 0 spiro atoms. The van der Waals surface area contributed by atoms with Gasteiger partial charge in [-0.15, -0.1) is 0 Å². The zero-order valence-corrected chi connectivity index (χ0v) is 8.76. The molecule has 2 heteroatoms. The second kappa shape index (κ2) is 2.98. The molecule has 2 fully saturated rings. The fourth-order valence-corrected chi connectivity index (χ4v) is 2.63. The molecule has 1 aromatic rings. The summed E-state index contributed by atoms with van der Waals surface area (Å²) in [6, 6.07) is 8.28. The number of benzene rings is 1. The molecule has 0 radical (unpaired) electrons. The number of ether oxygens (including phenoxy) is 1. The summed E-state index contributed by atoms with van der Waals surface area (Å²) in [4.78, 5) is 0. The van der Waals surface area contributed by atoms with Crippen LogP contribution in [0.5, 0.6) is 0 Å². The minimum Gasteiger partial charge on any atom is -0.372 e. The van der Waals surface area contributed by atoms with E-state index in [1.165, 1.54) is 24.8 Å². The molecule has 3 rings (SSSR count). The van der Waals surface area contributed by atoms with Crippen molar-refractivity contribution in [2.75, 3.05) is 6.61 Å². The van der Waals surface area contributed by atoms with Gasteiger partial charge in [0, 0.05) is 10.4 Å². The van der Waals surface area contributed by atoms with Crippen molar-refractivity contribution in [3.8, 4) is 0 Å². The van der Waals surface area contributed by atoms with Gasteiger partial charge in [0.05, 0.1) is 12.7 Å². The molecule has 1 nitrogen and oxygen atoms in total. The Morgan fingerprint density at radius 2 is 1.86 bits per heavy atom. The van der Waals surface area contributed by atoms with Crippen molar-refractivity contribution in [2.45, 2.75) is 30.8 Å². The minimum absolute atomic E-state index is 0.338. The maximum absolute atomic E-state index is 5.89. The molecule has 1 unspecified atom stereocenters. The Labute approximate surface area is 89.0 Å². The smallest absolute Gasteiger partial charge is 0.0906 e. The molecular weight excluding hydrogens is 196 g/mol. The minimum atomic E-state index is 0.338. The molecule has 0 amide bonds. The second-order valence-electron chi connectivity index (χ2n) is 4.34. The molecule has 0 aromatic heterocycles. The summed E-state index contributed by atoms with van der Waals surface area (Å²) in [7, 11) is 0. The second-order valence-corrected chi connectivity index (χ2v) is 4.77. The van der Waals surface area contributed by atoms with Crippen molar-refractivity contribution in [3.05, 3.63) is 34.9 Å². The zero-order valence-electron chi connectivity index (χ0n) is 8.00. The Balaban J connectivity index is 1.95. The van der Waals surface area contributed by atoms with E-state index in [1.807, 2.05) is 12.1 Å². The van der Waals surface area contributed by atoms with Gasteiger partial charge in [0.1, 0.15) is 0 Å². The van der Waals surface area contributed by atoms with Crippen molar-refractivity contribution in [1.82, 2.24) is 0 Å². The first-order chi connectivity index (χ1) is 6.81. The van der Waals surface area contributed by atoms with Crippen LogP contribution < -0.4 is 0 Å². The highest BCUT2D eigenvalue weighted by Crippen LogP contribution is 2.51. The van der Waals surface area contributed by atoms with Crippen LogP contribution in [0.15, 0.2) is 24.3 Å². The largest absolute Gasteiger partial charge is 0.372 e. The SMILES string of the molecule is Clc1ccc(C2(C3CO3)CCC2)cc1. The van der Waals surface area contributed by atoms with Gasteiger partial charge in [0.2, 0.25) is 0 Å². The third kappa shape index (κ3) is 1.19. The molecule has 1 heterocycles. The number of epoxide rings is 1. The highest BCUT2D eigenvalue weighted by atomic mass is 35.5. The van der Waals surface area contributed by atoms with E-state index in [4.69, 9.17) is 16.3 Å². The summed E-state index contributed by atoms with van der Waals surface area (Å²) < 4.78 is 5.47. The number of rotatable bonds is 2. The van der Waals surface area contributed by atoms with Crippen molar-refractivity contribution >= 4 is 11.6 Å². The van der Waals surface area contributed by atoms with E-state index in [1.54, 1.807) is 0 Å². The van der Waals surface area contributed by atoms with E-state index in [2.05, 4.69) is 12.1 Å². The van der Waals surface area contributed by atoms with E-state index in [9.17, 15) is 0 Å². The molecule has 0 bridgehead atoms. The Hall–Kier alpha value is -0.530. The molecule has 1 saturated heterocycles. The van der Waals surface area contributed by atoms with Gasteiger partial charge in [-0.05, 0) is 30.5 Å². The zero-order chi connectivity index (χ0) is 9.60. The van der Waals surface area contributed by atoms with E-state index < -0.39 is 0 Å². The first kappa shape index (κ1) is 8.75. The van der Waals surface area contributed by atoms with Crippen LogP contribution in [0.1, 0.15) is 24.8 Å². The Kier molecular flexibility index (Phi) is 1.86. The molecule has 14 heavy (non-hydrogen) atoms. The Bertz CT molecular complexity index is 336. The Morgan fingerprint density at radius 3 is 2.29 bits per heavy atom. The van der Waals surface area contributed by atoms with E-state index in [0.29, 0.717) is 11.5 Å². The monoisotopic (exact) mass is 208 g/mol. The first-order valence-electron chi connectivity index (χ1n) is 5.19. The summed E-state index contributed by atoms with van der Waals surface area (Å²) in [5, 5.41) is 0.819. The first-order valence-corrected chi connectivity index (χ1v) is 5.57. The van der Waals surface area contributed by atoms with Crippen LogP contribution in [-0.2, 0) is 10.2 Å². The van der Waals surface area contributed by atoms with Crippen LogP contribution in [0.3, 0.4) is 0 Å². The topological polar surface area (TPSA) is 12.5 Å². The maximum Gasteiger partial charge on any atom is 0.0906 e. The van der Waals surface area contributed by atoms with Crippen LogP contribution in [0.25, 0.3) is 0 Å². The Morgan fingerprint density at radius 1 is 1.21 bits per heavy atom. The average Bonchev–Trinajstić information content (AvgIpc) is 2.90. The molecule has 1 aliphatic heterocycles. The van der Waals surface area contributed by atoms with Crippen molar-refractivity contribution < 1.29 is 4.74 Å². The predicted octanol–water partition coefficient (Wildman–Crippen LogP) is 3.16. The van der Waals surface area contributed by atoms with E-state index in [-0.39, 0.29) is 0 Å². The third-order valence-electron chi connectivity index (χ3n) is 3.61. The molecule has 1 saturated carbocycles. The molecule has 1 atom stereocenters. The summed E-state index contributed by atoms with van der Waals surface area (Å²) in [6.45, 7) is 0.947. The van der Waals surface area contributed by atoms with Crippen molar-refractivity contribution in [2.24, 2.45) is 0 Å². The van der Waals surface area contributed by atoms with Crippen LogP contribution in [0.4, 0.5) is 0 Å². The molecule has 0 N–H and O–H groups in total. The van der Waals surface area contributed by atoms with Crippen molar-refractivity contribution in [1.29, 1.82) is 0 Å².